The Labute approximate surface area is 111 Å². The van der Waals surface area contributed by atoms with Crippen molar-refractivity contribution in [2.75, 3.05) is 13.7 Å². The first kappa shape index (κ1) is 16.8. The molecule has 1 N–H and O–H groups in total. The molecule has 0 heterocycles. The summed E-state index contributed by atoms with van der Waals surface area (Å²) in [5, 5.41) is 9.59. The fraction of sp³-hybridized carbons (Fsp3) is 0.600. The molecule has 1 rings (SSSR count). The molecule has 1 aromatic carbocycles. The Morgan fingerprint density at radius 3 is 2.17 bits per heavy atom. The average Bonchev–Trinajstić information content (AvgIpc) is 2.45. The van der Waals surface area contributed by atoms with Gasteiger partial charge in [0.25, 0.3) is 0 Å². The van der Waals surface area contributed by atoms with E-state index >= 15 is 0 Å². The summed E-state index contributed by atoms with van der Waals surface area (Å²) < 4.78 is 10.5. The van der Waals surface area contributed by atoms with E-state index in [1.54, 1.807) is 7.11 Å². The predicted octanol–water partition coefficient (Wildman–Crippen LogP) is 3.65. The maximum Gasteiger partial charge on any atom is 0.119 e. The lowest BCUT2D eigenvalue weighted by molar-refractivity contribution is 0.0980. The van der Waals surface area contributed by atoms with Crippen molar-refractivity contribution >= 4 is 0 Å². The van der Waals surface area contributed by atoms with Crippen molar-refractivity contribution in [1.82, 2.24) is 0 Å². The largest absolute Gasteiger partial charge is 0.497 e. The second-order valence-electron chi connectivity index (χ2n) is 3.78. The molecular formula is C15H26O3. The monoisotopic (exact) mass is 254 g/mol. The molecule has 0 radical (unpaired) electrons. The van der Waals surface area contributed by atoms with Crippen molar-refractivity contribution in [2.24, 2.45) is 0 Å². The van der Waals surface area contributed by atoms with Gasteiger partial charge in [0.2, 0.25) is 0 Å². The molecule has 1 atom stereocenters. The second kappa shape index (κ2) is 10.9. The van der Waals surface area contributed by atoms with Crippen LogP contribution in [0.15, 0.2) is 24.3 Å². The summed E-state index contributed by atoms with van der Waals surface area (Å²) in [6, 6.07) is 7.36. The van der Waals surface area contributed by atoms with E-state index in [0.717, 1.165) is 30.8 Å². The molecule has 0 aromatic heterocycles. The number of hydrogen-bond acceptors (Lipinski definition) is 3. The molecule has 0 amide bonds. The van der Waals surface area contributed by atoms with Crippen molar-refractivity contribution in [3.63, 3.8) is 0 Å². The quantitative estimate of drug-likeness (QED) is 0.807. The molecule has 0 bridgehead atoms. The molecule has 18 heavy (non-hydrogen) atoms. The van der Waals surface area contributed by atoms with Crippen LogP contribution in [-0.2, 0) is 0 Å². The summed E-state index contributed by atoms with van der Waals surface area (Å²) in [6.07, 6.45) is 2.56. The van der Waals surface area contributed by atoms with E-state index in [1.807, 2.05) is 38.1 Å². The molecule has 1 unspecified atom stereocenters. The van der Waals surface area contributed by atoms with Gasteiger partial charge in [0.1, 0.15) is 18.1 Å². The summed E-state index contributed by atoms with van der Waals surface area (Å²) >= 11 is 0. The van der Waals surface area contributed by atoms with Gasteiger partial charge in [0.05, 0.1) is 13.2 Å². The van der Waals surface area contributed by atoms with Gasteiger partial charge in [-0.15, -0.1) is 0 Å². The molecular weight excluding hydrogens is 228 g/mol. The lowest BCUT2D eigenvalue weighted by atomic mass is 10.2. The van der Waals surface area contributed by atoms with Gasteiger partial charge >= 0.3 is 0 Å². The van der Waals surface area contributed by atoms with Crippen LogP contribution in [0.3, 0.4) is 0 Å². The fourth-order valence-electron chi connectivity index (χ4n) is 1.39. The van der Waals surface area contributed by atoms with E-state index in [4.69, 9.17) is 9.47 Å². The number of benzene rings is 1. The van der Waals surface area contributed by atoms with Gasteiger partial charge in [-0.1, -0.05) is 33.6 Å². The Kier molecular flexibility index (Phi) is 10.2. The third kappa shape index (κ3) is 7.17. The smallest absolute Gasteiger partial charge is 0.119 e. The summed E-state index contributed by atoms with van der Waals surface area (Å²) in [5.41, 5.74) is 0. The first-order valence-corrected chi connectivity index (χ1v) is 6.71. The topological polar surface area (TPSA) is 38.7 Å². The SMILES string of the molecule is CC.CCCCC(O)COc1ccc(OC)cc1. The molecule has 1 aromatic rings. The molecule has 3 nitrogen and oxygen atoms in total. The standard InChI is InChI=1S/C13H20O3.C2H6/c1-3-4-5-11(14)10-16-13-8-6-12(15-2)7-9-13;1-2/h6-9,11,14H,3-5,10H2,1-2H3;1-2H3. The van der Waals surface area contributed by atoms with Crippen LogP contribution in [0, 0.1) is 0 Å². The van der Waals surface area contributed by atoms with E-state index in [9.17, 15) is 5.11 Å². The van der Waals surface area contributed by atoms with Crippen LogP contribution >= 0.6 is 0 Å². The van der Waals surface area contributed by atoms with Crippen LogP contribution in [-0.4, -0.2) is 24.9 Å². The first-order chi connectivity index (χ1) is 8.76. The Morgan fingerprint density at radius 1 is 1.11 bits per heavy atom. The number of aliphatic hydroxyl groups is 1. The highest BCUT2D eigenvalue weighted by atomic mass is 16.5. The van der Waals surface area contributed by atoms with Crippen LogP contribution in [0.2, 0.25) is 0 Å². The molecule has 104 valence electrons. The molecule has 0 spiro atoms. The Morgan fingerprint density at radius 2 is 1.67 bits per heavy atom. The van der Waals surface area contributed by atoms with Crippen molar-refractivity contribution < 1.29 is 14.6 Å². The normalized spacial score (nSPS) is 11.2. The van der Waals surface area contributed by atoms with Crippen LogP contribution in [0.1, 0.15) is 40.0 Å². The van der Waals surface area contributed by atoms with Crippen molar-refractivity contribution in [3.05, 3.63) is 24.3 Å². The third-order valence-corrected chi connectivity index (χ3v) is 2.39. The summed E-state index contributed by atoms with van der Waals surface area (Å²) in [4.78, 5) is 0. The highest BCUT2D eigenvalue weighted by Crippen LogP contribution is 2.17. The lowest BCUT2D eigenvalue weighted by Gasteiger charge is -2.12. The maximum atomic E-state index is 9.59. The first-order valence-electron chi connectivity index (χ1n) is 6.71. The van der Waals surface area contributed by atoms with Gasteiger partial charge in [-0.25, -0.2) is 0 Å². The highest BCUT2D eigenvalue weighted by Gasteiger charge is 2.04. The van der Waals surface area contributed by atoms with Gasteiger partial charge in [0, 0.05) is 0 Å². The minimum absolute atomic E-state index is 0.354. The average molecular weight is 254 g/mol. The lowest BCUT2D eigenvalue weighted by Crippen LogP contribution is -2.17. The van der Waals surface area contributed by atoms with E-state index in [1.165, 1.54) is 0 Å². The summed E-state index contributed by atoms with van der Waals surface area (Å²) in [7, 11) is 1.63. The van der Waals surface area contributed by atoms with Crippen LogP contribution < -0.4 is 9.47 Å². The molecule has 0 fully saturated rings. The summed E-state index contributed by atoms with van der Waals surface area (Å²) in [5.74, 6) is 1.57. The molecule has 0 aliphatic carbocycles. The molecule has 3 heteroatoms. The van der Waals surface area contributed by atoms with Crippen molar-refractivity contribution in [3.8, 4) is 11.5 Å². The number of unbranched alkanes of at least 4 members (excludes halogenated alkanes) is 1. The Balaban J connectivity index is 0.00000137. The van der Waals surface area contributed by atoms with Crippen molar-refractivity contribution in [1.29, 1.82) is 0 Å². The molecule has 0 aliphatic heterocycles. The molecule has 0 saturated heterocycles. The summed E-state index contributed by atoms with van der Waals surface area (Å²) in [6.45, 7) is 6.46. The minimum atomic E-state index is -0.373. The number of ether oxygens (including phenoxy) is 2. The van der Waals surface area contributed by atoms with Crippen LogP contribution in [0.5, 0.6) is 11.5 Å². The van der Waals surface area contributed by atoms with E-state index in [-0.39, 0.29) is 6.10 Å². The zero-order chi connectivity index (χ0) is 13.8. The zero-order valence-electron chi connectivity index (χ0n) is 12.0. The maximum absolute atomic E-state index is 9.59. The number of methoxy groups -OCH3 is 1. The van der Waals surface area contributed by atoms with Gasteiger partial charge in [-0.05, 0) is 30.7 Å². The zero-order valence-corrected chi connectivity index (χ0v) is 12.0. The Bertz CT molecular complexity index is 282. The third-order valence-electron chi connectivity index (χ3n) is 2.39. The van der Waals surface area contributed by atoms with Gasteiger partial charge in [0.15, 0.2) is 0 Å². The highest BCUT2D eigenvalue weighted by molar-refractivity contribution is 5.31. The van der Waals surface area contributed by atoms with Gasteiger partial charge in [-0.2, -0.15) is 0 Å². The van der Waals surface area contributed by atoms with Crippen molar-refractivity contribution in [2.45, 2.75) is 46.1 Å². The van der Waals surface area contributed by atoms with Crippen LogP contribution in [0.4, 0.5) is 0 Å². The number of rotatable bonds is 7. The van der Waals surface area contributed by atoms with Crippen LogP contribution in [0.25, 0.3) is 0 Å². The minimum Gasteiger partial charge on any atom is -0.497 e. The van der Waals surface area contributed by atoms with E-state index in [0.29, 0.717) is 6.61 Å². The molecule has 0 aliphatic rings. The predicted molar refractivity (Wildman–Crippen MR) is 75.4 cm³/mol. The fourth-order valence-corrected chi connectivity index (χ4v) is 1.39. The van der Waals surface area contributed by atoms with Gasteiger partial charge < -0.3 is 14.6 Å². The molecule has 0 saturated carbocycles. The number of hydrogen-bond donors (Lipinski definition) is 1. The van der Waals surface area contributed by atoms with Gasteiger partial charge in [-0.3, -0.25) is 0 Å². The second-order valence-corrected chi connectivity index (χ2v) is 3.78. The van der Waals surface area contributed by atoms with E-state index in [2.05, 4.69) is 6.92 Å². The number of aliphatic hydroxyl groups excluding tert-OH is 1. The van der Waals surface area contributed by atoms with E-state index < -0.39 is 0 Å². The Hall–Kier alpha value is -1.22.